The predicted octanol–water partition coefficient (Wildman–Crippen LogP) is 2.93. The van der Waals surface area contributed by atoms with Crippen molar-refractivity contribution in [1.82, 2.24) is 4.98 Å². The van der Waals surface area contributed by atoms with E-state index in [9.17, 15) is 23.3 Å². The Balaban J connectivity index is 2.74. The molecule has 0 aliphatic heterocycles. The number of hydrogen-bond acceptors (Lipinski definition) is 5. The highest BCUT2D eigenvalue weighted by molar-refractivity contribution is 5.98. The topological polar surface area (TPSA) is 91.3 Å². The number of nitrogens with zero attached hydrogens (tertiary/aromatic N) is 2. The van der Waals surface area contributed by atoms with E-state index in [2.05, 4.69) is 9.72 Å². The van der Waals surface area contributed by atoms with E-state index < -0.39 is 22.7 Å². The lowest BCUT2D eigenvalue weighted by atomic mass is 10.1. The van der Waals surface area contributed by atoms with Gasteiger partial charge in [0.1, 0.15) is 16.9 Å². The van der Waals surface area contributed by atoms with E-state index in [1.807, 2.05) is 0 Å². The van der Waals surface area contributed by atoms with E-state index in [0.717, 1.165) is 6.07 Å². The van der Waals surface area contributed by atoms with Crippen LogP contribution in [0.4, 0.5) is 24.5 Å². The Hall–Kier alpha value is -2.58. The first kappa shape index (κ1) is 13.8. The van der Waals surface area contributed by atoms with Crippen LogP contribution in [0.15, 0.2) is 18.2 Å². The minimum Gasteiger partial charge on any atom is -0.403 e. The van der Waals surface area contributed by atoms with E-state index in [-0.39, 0.29) is 22.3 Å². The number of halogens is 3. The first-order valence-corrected chi connectivity index (χ1v) is 5.29. The van der Waals surface area contributed by atoms with Crippen molar-refractivity contribution in [2.45, 2.75) is 13.3 Å². The molecule has 106 valence electrons. The van der Waals surface area contributed by atoms with Crippen molar-refractivity contribution in [3.05, 3.63) is 34.0 Å². The molecule has 0 bridgehead atoms. The van der Waals surface area contributed by atoms with Crippen LogP contribution in [0.5, 0.6) is 5.75 Å². The molecule has 0 aliphatic rings. The number of aryl methyl sites for hydroxylation is 1. The molecule has 0 atom stereocenters. The second-order valence-corrected chi connectivity index (χ2v) is 3.92. The van der Waals surface area contributed by atoms with Crippen molar-refractivity contribution in [3.8, 4) is 5.75 Å². The van der Waals surface area contributed by atoms with Gasteiger partial charge in [-0.05, 0) is 13.0 Å². The zero-order chi connectivity index (χ0) is 15.1. The number of alkyl halides is 3. The SMILES string of the molecule is Cc1nc2c(OC(F)(F)F)cccc2c(N)c1[N+](=O)[O-]. The number of nitrogen functional groups attached to an aromatic ring is 1. The number of nitro groups is 1. The molecule has 20 heavy (non-hydrogen) atoms. The smallest absolute Gasteiger partial charge is 0.403 e. The number of ether oxygens (including phenoxy) is 1. The van der Waals surface area contributed by atoms with Gasteiger partial charge in [0.2, 0.25) is 0 Å². The van der Waals surface area contributed by atoms with Gasteiger partial charge < -0.3 is 10.5 Å². The Bertz CT molecular complexity index is 701. The lowest BCUT2D eigenvalue weighted by Crippen LogP contribution is -2.17. The fraction of sp³-hybridized carbons (Fsp3) is 0.182. The molecule has 0 unspecified atom stereocenters. The summed E-state index contributed by atoms with van der Waals surface area (Å²) in [4.78, 5) is 13.9. The summed E-state index contributed by atoms with van der Waals surface area (Å²) < 4.78 is 40.7. The molecule has 0 amide bonds. The molecule has 1 aromatic carbocycles. The molecular formula is C11H8F3N3O3. The maximum Gasteiger partial charge on any atom is 0.573 e. The first-order chi connectivity index (χ1) is 9.20. The molecule has 0 saturated carbocycles. The summed E-state index contributed by atoms with van der Waals surface area (Å²) in [6.07, 6.45) is -4.89. The second kappa shape index (κ2) is 4.51. The van der Waals surface area contributed by atoms with Gasteiger partial charge in [0.05, 0.1) is 4.92 Å². The van der Waals surface area contributed by atoms with Crippen LogP contribution in [0.1, 0.15) is 5.69 Å². The number of benzene rings is 1. The van der Waals surface area contributed by atoms with Gasteiger partial charge in [-0.2, -0.15) is 0 Å². The quantitative estimate of drug-likeness (QED) is 0.677. The number of pyridine rings is 1. The summed E-state index contributed by atoms with van der Waals surface area (Å²) in [5, 5.41) is 10.9. The number of para-hydroxylation sites is 1. The Morgan fingerprint density at radius 2 is 2.05 bits per heavy atom. The van der Waals surface area contributed by atoms with Gasteiger partial charge in [-0.1, -0.05) is 12.1 Å². The molecule has 1 aromatic heterocycles. The average molecular weight is 287 g/mol. The zero-order valence-corrected chi connectivity index (χ0v) is 10.1. The van der Waals surface area contributed by atoms with Crippen molar-refractivity contribution in [1.29, 1.82) is 0 Å². The fourth-order valence-corrected chi connectivity index (χ4v) is 1.84. The Morgan fingerprint density at radius 3 is 2.60 bits per heavy atom. The third-order valence-electron chi connectivity index (χ3n) is 2.57. The second-order valence-electron chi connectivity index (χ2n) is 3.92. The van der Waals surface area contributed by atoms with Crippen molar-refractivity contribution in [2.75, 3.05) is 5.73 Å². The number of nitrogens with two attached hydrogens (primary N) is 1. The predicted molar refractivity (Wildman–Crippen MR) is 64.2 cm³/mol. The van der Waals surface area contributed by atoms with E-state index in [4.69, 9.17) is 5.73 Å². The highest BCUT2D eigenvalue weighted by Crippen LogP contribution is 2.37. The lowest BCUT2D eigenvalue weighted by molar-refractivity contribution is -0.384. The number of hydrogen-bond donors (Lipinski definition) is 1. The number of rotatable bonds is 2. The average Bonchev–Trinajstić information content (AvgIpc) is 2.28. The lowest BCUT2D eigenvalue weighted by Gasteiger charge is -2.12. The largest absolute Gasteiger partial charge is 0.573 e. The minimum absolute atomic E-state index is 0.0315. The van der Waals surface area contributed by atoms with Crippen LogP contribution in [-0.4, -0.2) is 16.3 Å². The monoisotopic (exact) mass is 287 g/mol. The van der Waals surface area contributed by atoms with Crippen LogP contribution in [0.2, 0.25) is 0 Å². The fourth-order valence-electron chi connectivity index (χ4n) is 1.84. The third-order valence-corrected chi connectivity index (χ3v) is 2.57. The van der Waals surface area contributed by atoms with Crippen LogP contribution in [0, 0.1) is 17.0 Å². The van der Waals surface area contributed by atoms with Gasteiger partial charge in [-0.15, -0.1) is 13.2 Å². The zero-order valence-electron chi connectivity index (χ0n) is 10.1. The van der Waals surface area contributed by atoms with Gasteiger partial charge in [0, 0.05) is 5.39 Å². The molecule has 2 rings (SSSR count). The summed E-state index contributed by atoms with van der Waals surface area (Å²) >= 11 is 0. The third kappa shape index (κ3) is 2.42. The molecule has 1 heterocycles. The molecular weight excluding hydrogens is 279 g/mol. The van der Waals surface area contributed by atoms with Crippen molar-refractivity contribution in [2.24, 2.45) is 0 Å². The first-order valence-electron chi connectivity index (χ1n) is 5.29. The van der Waals surface area contributed by atoms with Gasteiger partial charge in [-0.3, -0.25) is 10.1 Å². The molecule has 0 radical (unpaired) electrons. The molecule has 0 fully saturated rings. The Morgan fingerprint density at radius 1 is 1.40 bits per heavy atom. The summed E-state index contributed by atoms with van der Waals surface area (Å²) in [5.74, 6) is -0.556. The van der Waals surface area contributed by atoms with Crippen molar-refractivity contribution in [3.63, 3.8) is 0 Å². The van der Waals surface area contributed by atoms with Crippen LogP contribution < -0.4 is 10.5 Å². The Kier molecular flexibility index (Phi) is 3.12. The highest BCUT2D eigenvalue weighted by atomic mass is 19.4. The highest BCUT2D eigenvalue weighted by Gasteiger charge is 2.32. The normalized spacial score (nSPS) is 11.6. The minimum atomic E-state index is -4.89. The standard InChI is InChI=1S/C11H8F3N3O3/c1-5-10(17(18)19)8(15)6-3-2-4-7(9(6)16-5)20-11(12,13)14/h2-4H,1H3,(H2,15,16). The van der Waals surface area contributed by atoms with Gasteiger partial charge in [-0.25, -0.2) is 4.98 Å². The molecule has 0 aliphatic carbocycles. The van der Waals surface area contributed by atoms with Gasteiger partial charge in [0.15, 0.2) is 5.75 Å². The van der Waals surface area contributed by atoms with Crippen LogP contribution in [0.25, 0.3) is 10.9 Å². The molecule has 0 spiro atoms. The molecule has 2 aromatic rings. The summed E-state index contributed by atoms with van der Waals surface area (Å²) in [6.45, 7) is 1.29. The number of anilines is 1. The van der Waals surface area contributed by atoms with Crippen molar-refractivity contribution < 1.29 is 22.8 Å². The van der Waals surface area contributed by atoms with Crippen LogP contribution >= 0.6 is 0 Å². The molecule has 6 nitrogen and oxygen atoms in total. The number of fused-ring (bicyclic) bond motifs is 1. The molecule has 0 saturated heterocycles. The van der Waals surface area contributed by atoms with Gasteiger partial charge >= 0.3 is 12.0 Å². The van der Waals surface area contributed by atoms with E-state index in [0.29, 0.717) is 0 Å². The number of aromatic nitrogens is 1. The maximum absolute atomic E-state index is 12.3. The molecule has 9 heteroatoms. The van der Waals surface area contributed by atoms with E-state index in [1.165, 1.54) is 19.1 Å². The Labute approximate surface area is 110 Å². The van der Waals surface area contributed by atoms with E-state index in [1.54, 1.807) is 0 Å². The maximum atomic E-state index is 12.3. The summed E-state index contributed by atoms with van der Waals surface area (Å²) in [5.41, 5.74) is 4.70. The van der Waals surface area contributed by atoms with E-state index >= 15 is 0 Å². The molecule has 2 N–H and O–H groups in total. The summed E-state index contributed by atoms with van der Waals surface area (Å²) in [7, 11) is 0. The van der Waals surface area contributed by atoms with Crippen LogP contribution in [0.3, 0.4) is 0 Å². The van der Waals surface area contributed by atoms with Crippen LogP contribution in [-0.2, 0) is 0 Å². The van der Waals surface area contributed by atoms with Gasteiger partial charge in [0.25, 0.3) is 0 Å². The van der Waals surface area contributed by atoms with Crippen molar-refractivity contribution >= 4 is 22.3 Å². The summed E-state index contributed by atoms with van der Waals surface area (Å²) in [6, 6.07) is 3.65.